The normalized spacial score (nSPS) is 15.2. The molecule has 3 rings (SSSR count). The summed E-state index contributed by atoms with van der Waals surface area (Å²) < 4.78 is 0. The van der Waals surface area contributed by atoms with E-state index >= 15 is 0 Å². The number of hydrogen-bond acceptors (Lipinski definition) is 3. The molecule has 4 nitrogen and oxygen atoms in total. The first kappa shape index (κ1) is 17.7. The first-order valence-corrected chi connectivity index (χ1v) is 9.60. The van der Waals surface area contributed by atoms with E-state index < -0.39 is 0 Å². The number of carbonyl (C=O) groups is 2. The maximum atomic E-state index is 12.6. The fourth-order valence-corrected chi connectivity index (χ4v) is 4.00. The maximum absolute atomic E-state index is 12.6. The highest BCUT2D eigenvalue weighted by atomic mass is 32.1. The molecular weight excluding hydrogens is 332 g/mol. The fraction of sp³-hybridized carbons (Fsp3) is 0.400. The summed E-state index contributed by atoms with van der Waals surface area (Å²) in [6.45, 7) is 5.34. The molecule has 1 fully saturated rings. The molecule has 0 bridgehead atoms. The van der Waals surface area contributed by atoms with Gasteiger partial charge in [-0.25, -0.2) is 0 Å². The second kappa shape index (κ2) is 7.83. The van der Waals surface area contributed by atoms with E-state index in [0.717, 1.165) is 34.5 Å². The van der Waals surface area contributed by atoms with E-state index in [1.54, 1.807) is 11.3 Å². The summed E-state index contributed by atoms with van der Waals surface area (Å²) in [6.07, 6.45) is 1.93. The van der Waals surface area contributed by atoms with Gasteiger partial charge in [-0.3, -0.25) is 9.59 Å². The van der Waals surface area contributed by atoms with E-state index in [2.05, 4.69) is 5.32 Å². The van der Waals surface area contributed by atoms with Gasteiger partial charge in [0.1, 0.15) is 0 Å². The number of likely N-dealkylation sites (tertiary alicyclic amines) is 1. The van der Waals surface area contributed by atoms with Crippen LogP contribution < -0.4 is 5.32 Å². The van der Waals surface area contributed by atoms with Crippen LogP contribution in [-0.2, 0) is 16.0 Å². The number of thiophene rings is 1. The van der Waals surface area contributed by atoms with Crippen molar-refractivity contribution >= 4 is 28.8 Å². The zero-order valence-corrected chi connectivity index (χ0v) is 15.6. The van der Waals surface area contributed by atoms with Gasteiger partial charge in [-0.15, -0.1) is 11.3 Å². The third-order valence-corrected chi connectivity index (χ3v) is 5.73. The number of hydrogen-bond donors (Lipinski definition) is 1. The van der Waals surface area contributed by atoms with Crippen LogP contribution in [0.15, 0.2) is 35.7 Å². The van der Waals surface area contributed by atoms with Gasteiger partial charge in [-0.05, 0) is 49.3 Å². The quantitative estimate of drug-likeness (QED) is 0.906. The molecule has 25 heavy (non-hydrogen) atoms. The maximum Gasteiger partial charge on any atom is 0.227 e. The van der Waals surface area contributed by atoms with Gasteiger partial charge in [0.2, 0.25) is 11.8 Å². The van der Waals surface area contributed by atoms with E-state index in [1.807, 2.05) is 54.5 Å². The summed E-state index contributed by atoms with van der Waals surface area (Å²) in [6, 6.07) is 9.98. The molecular formula is C20H24N2O2S. The van der Waals surface area contributed by atoms with Crippen molar-refractivity contribution in [3.8, 4) is 0 Å². The summed E-state index contributed by atoms with van der Waals surface area (Å²) in [5, 5.41) is 5.08. The minimum absolute atomic E-state index is 0.0233. The van der Waals surface area contributed by atoms with Crippen LogP contribution in [0.25, 0.3) is 0 Å². The van der Waals surface area contributed by atoms with Gasteiger partial charge in [0, 0.05) is 29.6 Å². The SMILES string of the molecule is Cc1cccc(C)c1NC(=O)C1CCN(C(=O)Cc2cccs2)CC1. The Morgan fingerprint density at radius 2 is 1.80 bits per heavy atom. The van der Waals surface area contributed by atoms with E-state index in [-0.39, 0.29) is 17.7 Å². The number of nitrogens with one attached hydrogen (secondary N) is 1. The number of amides is 2. The molecule has 1 saturated heterocycles. The summed E-state index contributed by atoms with van der Waals surface area (Å²) in [7, 11) is 0. The van der Waals surface area contributed by atoms with E-state index in [0.29, 0.717) is 19.5 Å². The van der Waals surface area contributed by atoms with Gasteiger partial charge in [0.05, 0.1) is 6.42 Å². The lowest BCUT2D eigenvalue weighted by Crippen LogP contribution is -2.42. The lowest BCUT2D eigenvalue weighted by Gasteiger charge is -2.31. The van der Waals surface area contributed by atoms with Gasteiger partial charge >= 0.3 is 0 Å². The molecule has 1 aromatic heterocycles. The number of nitrogens with zero attached hydrogens (tertiary/aromatic N) is 1. The van der Waals surface area contributed by atoms with Crippen molar-refractivity contribution in [3.05, 3.63) is 51.7 Å². The third kappa shape index (κ3) is 4.28. The number of aryl methyl sites for hydroxylation is 2. The molecule has 0 saturated carbocycles. The van der Waals surface area contributed by atoms with Crippen LogP contribution in [-0.4, -0.2) is 29.8 Å². The zero-order valence-electron chi connectivity index (χ0n) is 14.7. The molecule has 2 heterocycles. The number of carbonyl (C=O) groups excluding carboxylic acids is 2. The molecule has 132 valence electrons. The lowest BCUT2D eigenvalue weighted by atomic mass is 9.95. The van der Waals surface area contributed by atoms with Gasteiger partial charge in [0.15, 0.2) is 0 Å². The van der Waals surface area contributed by atoms with Crippen LogP contribution in [0.3, 0.4) is 0 Å². The number of para-hydroxylation sites is 1. The fourth-order valence-electron chi connectivity index (χ4n) is 3.30. The predicted octanol–water partition coefficient (Wildman–Crippen LogP) is 3.78. The zero-order chi connectivity index (χ0) is 17.8. The highest BCUT2D eigenvalue weighted by molar-refractivity contribution is 7.10. The molecule has 0 spiro atoms. The summed E-state index contributed by atoms with van der Waals surface area (Å²) in [4.78, 5) is 27.9. The van der Waals surface area contributed by atoms with Crippen molar-refractivity contribution < 1.29 is 9.59 Å². The van der Waals surface area contributed by atoms with Crippen molar-refractivity contribution in [2.45, 2.75) is 33.1 Å². The highest BCUT2D eigenvalue weighted by Gasteiger charge is 2.27. The molecule has 1 aromatic carbocycles. The van der Waals surface area contributed by atoms with Crippen LogP contribution in [0.4, 0.5) is 5.69 Å². The smallest absolute Gasteiger partial charge is 0.227 e. The second-order valence-corrected chi connectivity index (χ2v) is 7.70. The predicted molar refractivity (Wildman–Crippen MR) is 102 cm³/mol. The molecule has 0 aliphatic carbocycles. The number of rotatable bonds is 4. The minimum atomic E-state index is -0.0233. The Kier molecular flexibility index (Phi) is 5.53. The lowest BCUT2D eigenvalue weighted by molar-refractivity contribution is -0.133. The van der Waals surface area contributed by atoms with Gasteiger partial charge in [-0.2, -0.15) is 0 Å². The van der Waals surface area contributed by atoms with E-state index in [9.17, 15) is 9.59 Å². The number of benzene rings is 1. The molecule has 1 aliphatic heterocycles. The van der Waals surface area contributed by atoms with E-state index in [4.69, 9.17) is 0 Å². The Bertz CT molecular complexity index is 727. The average Bonchev–Trinajstić information content (AvgIpc) is 3.11. The summed E-state index contributed by atoms with van der Waals surface area (Å²) in [5.41, 5.74) is 3.08. The molecule has 2 aromatic rings. The van der Waals surface area contributed by atoms with Crippen molar-refractivity contribution in [2.24, 2.45) is 5.92 Å². The van der Waals surface area contributed by atoms with Crippen LogP contribution in [0.2, 0.25) is 0 Å². The van der Waals surface area contributed by atoms with Gasteiger partial charge in [-0.1, -0.05) is 24.3 Å². The molecule has 0 radical (unpaired) electrons. The Balaban J connectivity index is 1.53. The molecule has 1 N–H and O–H groups in total. The standard InChI is InChI=1S/C20H24N2O2S/c1-14-5-3-6-15(2)19(14)21-20(24)16-8-10-22(11-9-16)18(23)13-17-7-4-12-25-17/h3-7,12,16H,8-11,13H2,1-2H3,(H,21,24). The molecule has 0 unspecified atom stereocenters. The van der Waals surface area contributed by atoms with Crippen molar-refractivity contribution in [2.75, 3.05) is 18.4 Å². The van der Waals surface area contributed by atoms with Crippen LogP contribution in [0.5, 0.6) is 0 Å². The van der Waals surface area contributed by atoms with Crippen molar-refractivity contribution in [1.82, 2.24) is 4.90 Å². The number of piperidine rings is 1. The first-order chi connectivity index (χ1) is 12.0. The third-order valence-electron chi connectivity index (χ3n) is 4.85. The highest BCUT2D eigenvalue weighted by Crippen LogP contribution is 2.24. The largest absolute Gasteiger partial charge is 0.342 e. The number of anilines is 1. The Labute approximate surface area is 152 Å². The topological polar surface area (TPSA) is 49.4 Å². The minimum Gasteiger partial charge on any atom is -0.342 e. The van der Waals surface area contributed by atoms with Crippen LogP contribution in [0.1, 0.15) is 28.8 Å². The van der Waals surface area contributed by atoms with Crippen LogP contribution in [0, 0.1) is 19.8 Å². The second-order valence-electron chi connectivity index (χ2n) is 6.67. The Morgan fingerprint density at radius 3 is 2.40 bits per heavy atom. The molecule has 2 amide bonds. The molecule has 1 aliphatic rings. The van der Waals surface area contributed by atoms with Crippen molar-refractivity contribution in [3.63, 3.8) is 0 Å². The average molecular weight is 356 g/mol. The Hall–Kier alpha value is -2.14. The monoisotopic (exact) mass is 356 g/mol. The van der Waals surface area contributed by atoms with Gasteiger partial charge < -0.3 is 10.2 Å². The Morgan fingerprint density at radius 1 is 1.12 bits per heavy atom. The van der Waals surface area contributed by atoms with Gasteiger partial charge in [0.25, 0.3) is 0 Å². The van der Waals surface area contributed by atoms with Crippen LogP contribution >= 0.6 is 11.3 Å². The van der Waals surface area contributed by atoms with E-state index in [1.165, 1.54) is 0 Å². The molecule has 0 atom stereocenters. The summed E-state index contributed by atoms with van der Waals surface area (Å²) >= 11 is 1.61. The molecule has 5 heteroatoms. The van der Waals surface area contributed by atoms with Crippen molar-refractivity contribution in [1.29, 1.82) is 0 Å². The first-order valence-electron chi connectivity index (χ1n) is 8.72. The summed E-state index contributed by atoms with van der Waals surface area (Å²) in [5.74, 6) is 0.212.